The molecule has 6 heteroatoms. The third-order valence-electron chi connectivity index (χ3n) is 2.57. The molecule has 0 saturated heterocycles. The number of halogens is 1. The van der Waals surface area contributed by atoms with Gasteiger partial charge in [0.15, 0.2) is 0 Å². The molecule has 0 spiro atoms. The molecule has 0 saturated carbocycles. The Morgan fingerprint density at radius 2 is 2.05 bits per heavy atom. The van der Waals surface area contributed by atoms with Gasteiger partial charge in [-0.3, -0.25) is 4.79 Å². The Morgan fingerprint density at radius 3 is 2.53 bits per heavy atom. The molecule has 0 aliphatic carbocycles. The summed E-state index contributed by atoms with van der Waals surface area (Å²) in [6.07, 6.45) is 0.365. The molecular formula is C13H17ClN2O3. The number of nitrogens with two attached hydrogens (primary N) is 1. The van der Waals surface area contributed by atoms with Crippen molar-refractivity contribution < 1.29 is 14.7 Å². The Balaban J connectivity index is 2.81. The van der Waals surface area contributed by atoms with E-state index in [0.717, 1.165) is 0 Å². The number of hydrogen-bond donors (Lipinski definition) is 3. The lowest BCUT2D eigenvalue weighted by atomic mass is 10.0. The number of carboxylic acids is 1. The lowest BCUT2D eigenvalue weighted by Gasteiger charge is -2.16. The molecule has 0 radical (unpaired) electrons. The number of anilines is 1. The second-order valence-corrected chi connectivity index (χ2v) is 5.14. The fraction of sp³-hybridized carbons (Fsp3) is 0.385. The van der Waals surface area contributed by atoms with Gasteiger partial charge in [-0.05, 0) is 30.5 Å². The van der Waals surface area contributed by atoms with Gasteiger partial charge < -0.3 is 16.2 Å². The Bertz CT molecular complexity index is 489. The van der Waals surface area contributed by atoms with Crippen LogP contribution in [0.5, 0.6) is 0 Å². The van der Waals surface area contributed by atoms with Crippen molar-refractivity contribution in [3.63, 3.8) is 0 Å². The number of nitrogens with one attached hydrogen (secondary N) is 1. The van der Waals surface area contributed by atoms with Crippen molar-refractivity contribution in [1.29, 1.82) is 0 Å². The second kappa shape index (κ2) is 6.43. The molecule has 0 unspecified atom stereocenters. The summed E-state index contributed by atoms with van der Waals surface area (Å²) >= 11 is 5.76. The highest BCUT2D eigenvalue weighted by molar-refractivity contribution is 6.33. The molecule has 0 aliphatic rings. The maximum atomic E-state index is 11.9. The Morgan fingerprint density at radius 1 is 1.42 bits per heavy atom. The van der Waals surface area contributed by atoms with Crippen LogP contribution in [0.15, 0.2) is 18.2 Å². The molecule has 1 amide bonds. The van der Waals surface area contributed by atoms with Crippen LogP contribution in [0.3, 0.4) is 0 Å². The fourth-order valence-electron chi connectivity index (χ4n) is 1.62. The molecule has 1 atom stereocenters. The number of benzene rings is 1. The third kappa shape index (κ3) is 4.44. The van der Waals surface area contributed by atoms with Crippen LogP contribution >= 0.6 is 11.6 Å². The van der Waals surface area contributed by atoms with Crippen LogP contribution in [0.4, 0.5) is 5.69 Å². The number of carbonyl (C=O) groups excluding carboxylic acids is 1. The van der Waals surface area contributed by atoms with Crippen LogP contribution in [0.25, 0.3) is 0 Å². The van der Waals surface area contributed by atoms with E-state index in [1.54, 1.807) is 0 Å². The topological polar surface area (TPSA) is 92.4 Å². The molecule has 1 aromatic rings. The minimum Gasteiger partial charge on any atom is -0.480 e. The SMILES string of the molecule is CC(C)C[C@H](NC(=O)c1ccc(Cl)c(N)c1)C(=O)O. The summed E-state index contributed by atoms with van der Waals surface area (Å²) in [5.41, 5.74) is 6.17. The summed E-state index contributed by atoms with van der Waals surface area (Å²) in [5, 5.41) is 11.9. The number of carboxylic acid groups (broad SMARTS) is 1. The first-order valence-electron chi connectivity index (χ1n) is 5.90. The van der Waals surface area contributed by atoms with Crippen molar-refractivity contribution >= 4 is 29.2 Å². The Hall–Kier alpha value is -1.75. The Labute approximate surface area is 116 Å². The second-order valence-electron chi connectivity index (χ2n) is 4.73. The molecular weight excluding hydrogens is 268 g/mol. The van der Waals surface area contributed by atoms with Crippen molar-refractivity contribution in [2.24, 2.45) is 5.92 Å². The van der Waals surface area contributed by atoms with E-state index < -0.39 is 17.9 Å². The monoisotopic (exact) mass is 284 g/mol. The van der Waals surface area contributed by atoms with Crippen LogP contribution in [-0.2, 0) is 4.79 Å². The summed E-state index contributed by atoms with van der Waals surface area (Å²) in [6, 6.07) is 3.52. The van der Waals surface area contributed by atoms with E-state index >= 15 is 0 Å². The van der Waals surface area contributed by atoms with Gasteiger partial charge in [0.05, 0.1) is 10.7 Å². The highest BCUT2D eigenvalue weighted by Crippen LogP contribution is 2.19. The lowest BCUT2D eigenvalue weighted by molar-refractivity contribution is -0.139. The molecule has 104 valence electrons. The predicted octanol–water partition coefficient (Wildman–Crippen LogP) is 2.15. The van der Waals surface area contributed by atoms with Crippen LogP contribution in [0.1, 0.15) is 30.6 Å². The normalized spacial score (nSPS) is 12.2. The number of nitrogen functional groups attached to an aromatic ring is 1. The molecule has 0 bridgehead atoms. The van der Waals surface area contributed by atoms with Crippen LogP contribution in [-0.4, -0.2) is 23.0 Å². The van der Waals surface area contributed by atoms with Crippen molar-refractivity contribution in [3.8, 4) is 0 Å². The van der Waals surface area contributed by atoms with Gasteiger partial charge in [-0.1, -0.05) is 25.4 Å². The third-order valence-corrected chi connectivity index (χ3v) is 2.91. The van der Waals surface area contributed by atoms with Crippen LogP contribution in [0.2, 0.25) is 5.02 Å². The summed E-state index contributed by atoms with van der Waals surface area (Å²) < 4.78 is 0. The van der Waals surface area contributed by atoms with Gasteiger partial charge in [-0.2, -0.15) is 0 Å². The average Bonchev–Trinajstić information content (AvgIpc) is 2.31. The predicted molar refractivity (Wildman–Crippen MR) is 74.2 cm³/mol. The highest BCUT2D eigenvalue weighted by Gasteiger charge is 2.21. The van der Waals surface area contributed by atoms with Gasteiger partial charge in [0.25, 0.3) is 5.91 Å². The van der Waals surface area contributed by atoms with Crippen molar-refractivity contribution in [1.82, 2.24) is 5.32 Å². The van der Waals surface area contributed by atoms with Crippen LogP contribution in [0, 0.1) is 5.92 Å². The zero-order chi connectivity index (χ0) is 14.6. The molecule has 0 aromatic heterocycles. The zero-order valence-electron chi connectivity index (χ0n) is 10.8. The number of hydrogen-bond acceptors (Lipinski definition) is 3. The van der Waals surface area contributed by atoms with Crippen molar-refractivity contribution in [2.75, 3.05) is 5.73 Å². The molecule has 0 aliphatic heterocycles. The number of rotatable bonds is 5. The lowest BCUT2D eigenvalue weighted by Crippen LogP contribution is -2.41. The van der Waals surface area contributed by atoms with Gasteiger partial charge in [0.2, 0.25) is 0 Å². The fourth-order valence-corrected chi connectivity index (χ4v) is 1.74. The molecule has 4 N–H and O–H groups in total. The number of amides is 1. The maximum Gasteiger partial charge on any atom is 0.326 e. The molecule has 0 heterocycles. The summed E-state index contributed by atoms with van der Waals surface area (Å²) in [4.78, 5) is 23.0. The van der Waals surface area contributed by atoms with Gasteiger partial charge >= 0.3 is 5.97 Å². The first kappa shape index (κ1) is 15.3. The largest absolute Gasteiger partial charge is 0.480 e. The van der Waals surface area contributed by atoms with Crippen LogP contribution < -0.4 is 11.1 Å². The number of carbonyl (C=O) groups is 2. The molecule has 0 fully saturated rings. The van der Waals surface area contributed by atoms with Gasteiger partial charge in [-0.25, -0.2) is 4.79 Å². The standard InChI is InChI=1S/C13H17ClN2O3/c1-7(2)5-11(13(18)19)16-12(17)8-3-4-9(14)10(15)6-8/h3-4,6-7,11H,5,15H2,1-2H3,(H,16,17)(H,18,19)/t11-/m0/s1. The van der Waals surface area contributed by atoms with E-state index in [0.29, 0.717) is 11.4 Å². The maximum absolute atomic E-state index is 11.9. The highest BCUT2D eigenvalue weighted by atomic mass is 35.5. The summed E-state index contributed by atoms with van der Waals surface area (Å²) in [6.45, 7) is 3.78. The summed E-state index contributed by atoms with van der Waals surface area (Å²) in [7, 11) is 0. The molecule has 5 nitrogen and oxygen atoms in total. The first-order chi connectivity index (χ1) is 8.81. The van der Waals surface area contributed by atoms with E-state index in [9.17, 15) is 9.59 Å². The van der Waals surface area contributed by atoms with Crippen molar-refractivity contribution in [3.05, 3.63) is 28.8 Å². The average molecular weight is 285 g/mol. The minimum absolute atomic E-state index is 0.164. The van der Waals surface area contributed by atoms with Gasteiger partial charge in [-0.15, -0.1) is 0 Å². The van der Waals surface area contributed by atoms with Crippen molar-refractivity contribution in [2.45, 2.75) is 26.3 Å². The van der Waals surface area contributed by atoms with E-state index in [2.05, 4.69) is 5.32 Å². The Kier molecular flexibility index (Phi) is 5.18. The zero-order valence-corrected chi connectivity index (χ0v) is 11.6. The quantitative estimate of drug-likeness (QED) is 0.722. The number of aliphatic carboxylic acids is 1. The van der Waals surface area contributed by atoms with Gasteiger partial charge in [0.1, 0.15) is 6.04 Å². The first-order valence-corrected chi connectivity index (χ1v) is 6.27. The molecule has 1 aromatic carbocycles. The molecule has 1 rings (SSSR count). The van der Waals surface area contributed by atoms with Gasteiger partial charge in [0, 0.05) is 5.56 Å². The molecule has 19 heavy (non-hydrogen) atoms. The summed E-state index contributed by atoms with van der Waals surface area (Å²) in [5.74, 6) is -1.36. The van der Waals surface area contributed by atoms with E-state index in [-0.39, 0.29) is 17.2 Å². The van der Waals surface area contributed by atoms with E-state index in [1.165, 1.54) is 18.2 Å². The van der Waals surface area contributed by atoms with E-state index in [1.807, 2.05) is 13.8 Å². The van der Waals surface area contributed by atoms with E-state index in [4.69, 9.17) is 22.4 Å². The minimum atomic E-state index is -1.05. The smallest absolute Gasteiger partial charge is 0.326 e.